The number of hydrogen-bond acceptors (Lipinski definition) is 2. The van der Waals surface area contributed by atoms with E-state index in [0.717, 1.165) is 24.8 Å². The van der Waals surface area contributed by atoms with Crippen LogP contribution in [0.2, 0.25) is 0 Å². The third-order valence-electron chi connectivity index (χ3n) is 4.15. The second-order valence-electron chi connectivity index (χ2n) is 5.27. The van der Waals surface area contributed by atoms with E-state index < -0.39 is 0 Å². The summed E-state index contributed by atoms with van der Waals surface area (Å²) < 4.78 is 18.6. The number of nitrogens with two attached hydrogens (primary N) is 1. The minimum Gasteiger partial charge on any atom is -0.377 e. The maximum atomic E-state index is 12.9. The Labute approximate surface area is 108 Å². The molecule has 1 aromatic carbocycles. The average Bonchev–Trinajstić information content (AvgIpc) is 2.42. The quantitative estimate of drug-likeness (QED) is 0.892. The Balaban J connectivity index is 2.05. The first kappa shape index (κ1) is 13.5. The molecule has 2 rings (SSSR count). The average molecular weight is 251 g/mol. The minimum atomic E-state index is -0.202. The molecule has 0 aliphatic heterocycles. The molecule has 18 heavy (non-hydrogen) atoms. The van der Waals surface area contributed by atoms with Crippen LogP contribution < -0.4 is 5.73 Å². The molecule has 0 bridgehead atoms. The molecule has 1 saturated carbocycles. The van der Waals surface area contributed by atoms with Crippen molar-refractivity contribution in [3.8, 4) is 0 Å². The molecule has 1 aliphatic rings. The Kier molecular flexibility index (Phi) is 4.36. The maximum Gasteiger partial charge on any atom is 0.123 e. The number of hydrogen-bond donors (Lipinski definition) is 1. The highest BCUT2D eigenvalue weighted by atomic mass is 19.1. The van der Waals surface area contributed by atoms with E-state index in [4.69, 9.17) is 10.5 Å². The van der Waals surface area contributed by atoms with E-state index in [2.05, 4.69) is 0 Å². The van der Waals surface area contributed by atoms with Gasteiger partial charge in [-0.2, -0.15) is 0 Å². The summed E-state index contributed by atoms with van der Waals surface area (Å²) in [4.78, 5) is 0. The topological polar surface area (TPSA) is 35.2 Å². The zero-order valence-electron chi connectivity index (χ0n) is 11.0. The van der Waals surface area contributed by atoms with E-state index in [9.17, 15) is 4.39 Å². The number of rotatable bonds is 4. The van der Waals surface area contributed by atoms with Crippen LogP contribution in [0.5, 0.6) is 0 Å². The summed E-state index contributed by atoms with van der Waals surface area (Å²) in [7, 11) is 1.76. The SMILES string of the molecule is COC1(C(N)Cc2ccc(F)cc2)CCCCC1. The summed E-state index contributed by atoms with van der Waals surface area (Å²) in [5.74, 6) is -0.202. The monoisotopic (exact) mass is 251 g/mol. The van der Waals surface area contributed by atoms with Crippen molar-refractivity contribution in [1.29, 1.82) is 0 Å². The zero-order valence-corrected chi connectivity index (χ0v) is 11.0. The second kappa shape index (κ2) is 5.81. The van der Waals surface area contributed by atoms with Gasteiger partial charge in [0.1, 0.15) is 5.82 Å². The van der Waals surface area contributed by atoms with Crippen LogP contribution in [0.4, 0.5) is 4.39 Å². The molecule has 1 aliphatic carbocycles. The third kappa shape index (κ3) is 2.90. The molecule has 100 valence electrons. The summed E-state index contributed by atoms with van der Waals surface area (Å²) in [6.07, 6.45) is 6.45. The van der Waals surface area contributed by atoms with Crippen LogP contribution in [0, 0.1) is 5.82 Å². The van der Waals surface area contributed by atoms with Gasteiger partial charge in [-0.1, -0.05) is 31.4 Å². The Morgan fingerprint density at radius 1 is 1.22 bits per heavy atom. The third-order valence-corrected chi connectivity index (χ3v) is 4.15. The molecule has 0 spiro atoms. The summed E-state index contributed by atoms with van der Waals surface area (Å²) in [6, 6.07) is 6.57. The van der Waals surface area contributed by atoms with Crippen molar-refractivity contribution < 1.29 is 9.13 Å². The molecule has 2 nitrogen and oxygen atoms in total. The van der Waals surface area contributed by atoms with Crippen molar-refractivity contribution in [3.63, 3.8) is 0 Å². The molecule has 1 unspecified atom stereocenters. The van der Waals surface area contributed by atoms with E-state index >= 15 is 0 Å². The molecule has 1 aromatic rings. The molecular weight excluding hydrogens is 229 g/mol. The number of halogens is 1. The van der Waals surface area contributed by atoms with Gasteiger partial charge in [0.25, 0.3) is 0 Å². The molecule has 3 heteroatoms. The van der Waals surface area contributed by atoms with E-state index in [1.807, 2.05) is 0 Å². The number of benzene rings is 1. The molecular formula is C15H22FNO. The van der Waals surface area contributed by atoms with E-state index in [1.165, 1.54) is 31.4 Å². The van der Waals surface area contributed by atoms with Crippen LogP contribution >= 0.6 is 0 Å². The van der Waals surface area contributed by atoms with Crippen LogP contribution in [0.25, 0.3) is 0 Å². The van der Waals surface area contributed by atoms with E-state index in [0.29, 0.717) is 0 Å². The predicted molar refractivity (Wildman–Crippen MR) is 70.9 cm³/mol. The number of ether oxygens (including phenoxy) is 1. The highest BCUT2D eigenvalue weighted by Gasteiger charge is 2.37. The molecule has 1 fully saturated rings. The molecule has 0 amide bonds. The number of methoxy groups -OCH3 is 1. The van der Waals surface area contributed by atoms with Crippen LogP contribution in [0.15, 0.2) is 24.3 Å². The predicted octanol–water partition coefficient (Wildman–Crippen LogP) is 3.04. The first-order valence-corrected chi connectivity index (χ1v) is 6.71. The van der Waals surface area contributed by atoms with Gasteiger partial charge in [0, 0.05) is 13.2 Å². The smallest absolute Gasteiger partial charge is 0.123 e. The van der Waals surface area contributed by atoms with Crippen LogP contribution in [0.3, 0.4) is 0 Å². The highest BCUT2D eigenvalue weighted by Crippen LogP contribution is 2.34. The first-order chi connectivity index (χ1) is 8.66. The van der Waals surface area contributed by atoms with E-state index in [-0.39, 0.29) is 17.5 Å². The van der Waals surface area contributed by atoms with Crippen LogP contribution in [-0.4, -0.2) is 18.8 Å². The largest absolute Gasteiger partial charge is 0.377 e. The van der Waals surface area contributed by atoms with Crippen molar-refractivity contribution >= 4 is 0 Å². The van der Waals surface area contributed by atoms with Crippen molar-refractivity contribution in [2.45, 2.75) is 50.2 Å². The normalized spacial score (nSPS) is 20.6. The van der Waals surface area contributed by atoms with Gasteiger partial charge in [0.05, 0.1) is 5.60 Å². The van der Waals surface area contributed by atoms with Gasteiger partial charge < -0.3 is 10.5 Å². The molecule has 0 radical (unpaired) electrons. The lowest BCUT2D eigenvalue weighted by atomic mass is 9.77. The fraction of sp³-hybridized carbons (Fsp3) is 0.600. The summed E-state index contributed by atoms with van der Waals surface area (Å²) in [6.45, 7) is 0. The molecule has 0 heterocycles. The molecule has 2 N–H and O–H groups in total. The van der Waals surface area contributed by atoms with E-state index in [1.54, 1.807) is 19.2 Å². The lowest BCUT2D eigenvalue weighted by molar-refractivity contribution is -0.0582. The van der Waals surface area contributed by atoms with Gasteiger partial charge in [-0.15, -0.1) is 0 Å². The molecule has 0 aromatic heterocycles. The first-order valence-electron chi connectivity index (χ1n) is 6.71. The maximum absolute atomic E-state index is 12.9. The van der Waals surface area contributed by atoms with Gasteiger partial charge in [-0.25, -0.2) is 4.39 Å². The van der Waals surface area contributed by atoms with Gasteiger partial charge >= 0.3 is 0 Å². The van der Waals surface area contributed by atoms with Crippen molar-refractivity contribution in [2.24, 2.45) is 5.73 Å². The van der Waals surface area contributed by atoms with Crippen LogP contribution in [0.1, 0.15) is 37.7 Å². The Hall–Kier alpha value is -0.930. The lowest BCUT2D eigenvalue weighted by Gasteiger charge is -2.41. The summed E-state index contributed by atoms with van der Waals surface area (Å²) >= 11 is 0. The van der Waals surface area contributed by atoms with Crippen molar-refractivity contribution in [1.82, 2.24) is 0 Å². The molecule has 0 saturated heterocycles. The van der Waals surface area contributed by atoms with Crippen LogP contribution in [-0.2, 0) is 11.2 Å². The second-order valence-corrected chi connectivity index (χ2v) is 5.27. The van der Waals surface area contributed by atoms with Gasteiger partial charge in [0.15, 0.2) is 0 Å². The van der Waals surface area contributed by atoms with Crippen molar-refractivity contribution in [3.05, 3.63) is 35.6 Å². The highest BCUT2D eigenvalue weighted by molar-refractivity contribution is 5.18. The fourth-order valence-electron chi connectivity index (χ4n) is 2.94. The zero-order chi connectivity index (χ0) is 13.0. The standard InChI is InChI=1S/C15H22FNO/c1-18-15(9-3-2-4-10-15)14(17)11-12-5-7-13(16)8-6-12/h5-8,14H,2-4,9-11,17H2,1H3. The molecule has 1 atom stereocenters. The van der Waals surface area contributed by atoms with Crippen molar-refractivity contribution in [2.75, 3.05) is 7.11 Å². The lowest BCUT2D eigenvalue weighted by Crippen LogP contribution is -2.51. The Morgan fingerprint density at radius 3 is 2.39 bits per heavy atom. The minimum absolute atomic E-state index is 0.0201. The Morgan fingerprint density at radius 2 is 1.83 bits per heavy atom. The van der Waals surface area contributed by atoms with Gasteiger partial charge in [-0.05, 0) is 37.0 Å². The Bertz CT molecular complexity index is 371. The van der Waals surface area contributed by atoms with Gasteiger partial charge in [0.2, 0.25) is 0 Å². The summed E-state index contributed by atoms with van der Waals surface area (Å²) in [5, 5.41) is 0. The fourth-order valence-corrected chi connectivity index (χ4v) is 2.94. The summed E-state index contributed by atoms with van der Waals surface area (Å²) in [5.41, 5.74) is 7.23. The van der Waals surface area contributed by atoms with Gasteiger partial charge in [-0.3, -0.25) is 0 Å².